The van der Waals surface area contributed by atoms with E-state index >= 15 is 0 Å². The standard InChI is InChI=1S/C23H24ClN3O/c24-18-7-4-16(5-8-18)17-6-9-19-15-27(13-12-26(19)14-17)23(28)21-2-1-3-22-20(21)10-11-25-22/h1-5,7-8,10-11,17,19,25H,6,9,12-15H2/t17-,19+/m0/s1. The number of fused-ring (bicyclic) bond motifs is 2. The Labute approximate surface area is 170 Å². The molecule has 1 amide bonds. The minimum atomic E-state index is 0.157. The molecule has 0 unspecified atom stereocenters. The van der Waals surface area contributed by atoms with Crippen LogP contribution in [0.5, 0.6) is 0 Å². The average Bonchev–Trinajstić information content (AvgIpc) is 3.22. The van der Waals surface area contributed by atoms with E-state index < -0.39 is 0 Å². The molecule has 1 N–H and O–H groups in total. The predicted octanol–water partition coefficient (Wildman–Crippen LogP) is 4.53. The van der Waals surface area contributed by atoms with Gasteiger partial charge in [-0.25, -0.2) is 0 Å². The van der Waals surface area contributed by atoms with E-state index in [2.05, 4.69) is 22.0 Å². The van der Waals surface area contributed by atoms with Gasteiger partial charge in [-0.2, -0.15) is 0 Å². The summed E-state index contributed by atoms with van der Waals surface area (Å²) in [5.74, 6) is 0.717. The smallest absolute Gasteiger partial charge is 0.254 e. The van der Waals surface area contributed by atoms with E-state index in [1.54, 1.807) is 0 Å². The van der Waals surface area contributed by atoms with Gasteiger partial charge in [0, 0.05) is 59.9 Å². The van der Waals surface area contributed by atoms with Gasteiger partial charge in [-0.15, -0.1) is 0 Å². The van der Waals surface area contributed by atoms with E-state index in [0.717, 1.165) is 60.5 Å². The van der Waals surface area contributed by atoms with Gasteiger partial charge in [-0.1, -0.05) is 29.8 Å². The number of halogens is 1. The zero-order valence-corrected chi connectivity index (χ0v) is 16.5. The molecule has 4 nitrogen and oxygen atoms in total. The molecule has 28 heavy (non-hydrogen) atoms. The van der Waals surface area contributed by atoms with Gasteiger partial charge in [0.25, 0.3) is 5.91 Å². The molecule has 144 valence electrons. The van der Waals surface area contributed by atoms with Crippen molar-refractivity contribution in [1.82, 2.24) is 14.8 Å². The Morgan fingerprint density at radius 3 is 2.71 bits per heavy atom. The first-order chi connectivity index (χ1) is 13.7. The maximum atomic E-state index is 13.2. The molecule has 0 radical (unpaired) electrons. The minimum absolute atomic E-state index is 0.157. The van der Waals surface area contributed by atoms with Crippen molar-refractivity contribution in [1.29, 1.82) is 0 Å². The van der Waals surface area contributed by atoms with Crippen molar-refractivity contribution in [2.75, 3.05) is 26.2 Å². The number of hydrogen-bond acceptors (Lipinski definition) is 2. The lowest BCUT2D eigenvalue weighted by Crippen LogP contribution is -2.57. The van der Waals surface area contributed by atoms with Crippen LogP contribution in [0, 0.1) is 0 Å². The summed E-state index contributed by atoms with van der Waals surface area (Å²) < 4.78 is 0. The molecule has 2 saturated heterocycles. The van der Waals surface area contributed by atoms with E-state index in [4.69, 9.17) is 11.6 Å². The van der Waals surface area contributed by atoms with E-state index in [-0.39, 0.29) is 5.91 Å². The van der Waals surface area contributed by atoms with Gasteiger partial charge in [-0.3, -0.25) is 9.69 Å². The van der Waals surface area contributed by atoms with Gasteiger partial charge >= 0.3 is 0 Å². The SMILES string of the molecule is O=C(c1cccc2[nH]ccc12)N1CCN2C[C@@H](c3ccc(Cl)cc3)CC[C@@H]2C1. The molecular weight excluding hydrogens is 370 g/mol. The molecular formula is C23H24ClN3O. The Bertz CT molecular complexity index is 997. The number of carbonyl (C=O) groups is 1. The number of aromatic nitrogens is 1. The summed E-state index contributed by atoms with van der Waals surface area (Å²) in [4.78, 5) is 21.0. The molecule has 5 heteroatoms. The highest BCUT2D eigenvalue weighted by molar-refractivity contribution is 6.30. The topological polar surface area (TPSA) is 39.3 Å². The molecule has 0 spiro atoms. The van der Waals surface area contributed by atoms with Crippen molar-refractivity contribution in [2.24, 2.45) is 0 Å². The number of piperazine rings is 1. The third-order valence-corrected chi connectivity index (χ3v) is 6.61. The van der Waals surface area contributed by atoms with Gasteiger partial charge < -0.3 is 9.88 Å². The molecule has 0 bridgehead atoms. The number of benzene rings is 2. The fourth-order valence-electron chi connectivity index (χ4n) is 4.81. The zero-order chi connectivity index (χ0) is 19.1. The van der Waals surface area contributed by atoms with Gasteiger partial charge in [0.1, 0.15) is 0 Å². The Kier molecular flexibility index (Phi) is 4.61. The van der Waals surface area contributed by atoms with Crippen LogP contribution in [-0.4, -0.2) is 52.9 Å². The summed E-state index contributed by atoms with van der Waals surface area (Å²) in [5.41, 5.74) is 3.20. The highest BCUT2D eigenvalue weighted by atomic mass is 35.5. The van der Waals surface area contributed by atoms with Gasteiger partial charge in [0.05, 0.1) is 0 Å². The first-order valence-corrected chi connectivity index (χ1v) is 10.4. The molecule has 1 aromatic heterocycles. The van der Waals surface area contributed by atoms with Crippen molar-refractivity contribution in [3.63, 3.8) is 0 Å². The molecule has 2 fully saturated rings. The van der Waals surface area contributed by atoms with E-state index in [0.29, 0.717) is 12.0 Å². The lowest BCUT2D eigenvalue weighted by Gasteiger charge is -2.46. The highest BCUT2D eigenvalue weighted by Crippen LogP contribution is 2.33. The zero-order valence-electron chi connectivity index (χ0n) is 15.8. The number of amides is 1. The number of rotatable bonds is 2. The second-order valence-electron chi connectivity index (χ2n) is 7.97. The van der Waals surface area contributed by atoms with Crippen LogP contribution in [0.2, 0.25) is 5.02 Å². The van der Waals surface area contributed by atoms with Crippen LogP contribution >= 0.6 is 11.6 Å². The quantitative estimate of drug-likeness (QED) is 0.695. The van der Waals surface area contributed by atoms with Crippen LogP contribution in [0.15, 0.2) is 54.7 Å². The first kappa shape index (κ1) is 17.8. The summed E-state index contributed by atoms with van der Waals surface area (Å²) in [6.07, 6.45) is 4.20. The molecule has 3 aromatic rings. The van der Waals surface area contributed by atoms with Crippen LogP contribution < -0.4 is 0 Å². The van der Waals surface area contributed by atoms with E-state index in [1.165, 1.54) is 5.56 Å². The van der Waals surface area contributed by atoms with Crippen LogP contribution in [0.3, 0.4) is 0 Å². The number of hydrogen-bond donors (Lipinski definition) is 1. The number of aromatic amines is 1. The van der Waals surface area contributed by atoms with Crippen molar-refractivity contribution in [2.45, 2.75) is 24.8 Å². The number of piperidine rings is 1. The Hall–Kier alpha value is -2.30. The molecule has 5 rings (SSSR count). The monoisotopic (exact) mass is 393 g/mol. The maximum Gasteiger partial charge on any atom is 0.254 e. The van der Waals surface area contributed by atoms with E-state index in [1.807, 2.05) is 47.5 Å². The fraction of sp³-hybridized carbons (Fsp3) is 0.348. The Morgan fingerprint density at radius 1 is 1.00 bits per heavy atom. The number of carbonyl (C=O) groups excluding carboxylic acids is 1. The fourth-order valence-corrected chi connectivity index (χ4v) is 4.93. The minimum Gasteiger partial charge on any atom is -0.361 e. The lowest BCUT2D eigenvalue weighted by molar-refractivity contribution is 0.0330. The average molecular weight is 394 g/mol. The predicted molar refractivity (Wildman–Crippen MR) is 113 cm³/mol. The second kappa shape index (κ2) is 7.26. The summed E-state index contributed by atoms with van der Waals surface area (Å²) in [6, 6.07) is 16.7. The van der Waals surface area contributed by atoms with Gasteiger partial charge in [0.2, 0.25) is 0 Å². The Balaban J connectivity index is 1.28. The molecule has 0 aliphatic carbocycles. The molecule has 2 aromatic carbocycles. The van der Waals surface area contributed by atoms with E-state index in [9.17, 15) is 4.79 Å². The molecule has 2 aliphatic rings. The maximum absolute atomic E-state index is 13.2. The first-order valence-electron chi connectivity index (χ1n) is 10.0. The summed E-state index contributed by atoms with van der Waals surface area (Å²) in [7, 11) is 0. The van der Waals surface area contributed by atoms with Crippen molar-refractivity contribution in [3.8, 4) is 0 Å². The van der Waals surface area contributed by atoms with Crippen LogP contribution in [0.1, 0.15) is 34.7 Å². The summed E-state index contributed by atoms with van der Waals surface area (Å²) in [5, 5.41) is 1.81. The Morgan fingerprint density at radius 2 is 1.86 bits per heavy atom. The normalized spacial score (nSPS) is 23.0. The van der Waals surface area contributed by atoms with Gasteiger partial charge in [0.15, 0.2) is 0 Å². The summed E-state index contributed by atoms with van der Waals surface area (Å²) >= 11 is 6.04. The van der Waals surface area contributed by atoms with Crippen molar-refractivity contribution >= 4 is 28.4 Å². The number of nitrogens with one attached hydrogen (secondary N) is 1. The van der Waals surface area contributed by atoms with Crippen molar-refractivity contribution < 1.29 is 4.79 Å². The number of nitrogens with zero attached hydrogens (tertiary/aromatic N) is 2. The van der Waals surface area contributed by atoms with Crippen LogP contribution in [-0.2, 0) is 0 Å². The lowest BCUT2D eigenvalue weighted by atomic mass is 9.86. The third-order valence-electron chi connectivity index (χ3n) is 6.36. The molecule has 3 heterocycles. The largest absolute Gasteiger partial charge is 0.361 e. The highest BCUT2D eigenvalue weighted by Gasteiger charge is 2.35. The van der Waals surface area contributed by atoms with Crippen molar-refractivity contribution in [3.05, 3.63) is 70.9 Å². The van der Waals surface area contributed by atoms with Crippen LogP contribution in [0.25, 0.3) is 10.9 Å². The number of H-pyrrole nitrogens is 1. The second-order valence-corrected chi connectivity index (χ2v) is 8.41. The van der Waals surface area contributed by atoms with Gasteiger partial charge in [-0.05, 0) is 54.7 Å². The molecule has 2 atom stereocenters. The summed E-state index contributed by atoms with van der Waals surface area (Å²) in [6.45, 7) is 3.64. The molecule has 0 saturated carbocycles. The third kappa shape index (κ3) is 3.21. The molecule has 2 aliphatic heterocycles. The van der Waals surface area contributed by atoms with Crippen LogP contribution in [0.4, 0.5) is 0 Å².